The van der Waals surface area contributed by atoms with E-state index in [4.69, 9.17) is 9.15 Å². The third kappa shape index (κ3) is 3.59. The van der Waals surface area contributed by atoms with Crippen LogP contribution in [0.4, 0.5) is 0 Å². The SMILES string of the molecule is CN=C(NCCc1ccco1)NC1CCOC2(CCC2)C1. The topological polar surface area (TPSA) is 58.8 Å². The van der Waals surface area contributed by atoms with E-state index in [-0.39, 0.29) is 5.60 Å². The number of nitrogens with one attached hydrogen (secondary N) is 2. The largest absolute Gasteiger partial charge is 0.469 e. The molecule has 1 unspecified atom stereocenters. The number of hydrogen-bond acceptors (Lipinski definition) is 3. The molecule has 0 amide bonds. The summed E-state index contributed by atoms with van der Waals surface area (Å²) < 4.78 is 11.3. The van der Waals surface area contributed by atoms with Gasteiger partial charge in [0.25, 0.3) is 0 Å². The molecule has 21 heavy (non-hydrogen) atoms. The Hall–Kier alpha value is -1.49. The lowest BCUT2D eigenvalue weighted by Gasteiger charge is -2.47. The van der Waals surface area contributed by atoms with Crippen LogP contribution in [0.3, 0.4) is 0 Å². The lowest BCUT2D eigenvalue weighted by atomic mass is 9.74. The van der Waals surface area contributed by atoms with Crippen molar-refractivity contribution in [1.82, 2.24) is 10.6 Å². The van der Waals surface area contributed by atoms with Crippen molar-refractivity contribution in [2.24, 2.45) is 4.99 Å². The van der Waals surface area contributed by atoms with E-state index in [9.17, 15) is 0 Å². The highest BCUT2D eigenvalue weighted by atomic mass is 16.5. The van der Waals surface area contributed by atoms with Crippen LogP contribution in [-0.2, 0) is 11.2 Å². The van der Waals surface area contributed by atoms with Crippen LogP contribution in [0.1, 0.15) is 37.9 Å². The van der Waals surface area contributed by atoms with E-state index in [0.717, 1.165) is 44.1 Å². The molecule has 5 heteroatoms. The van der Waals surface area contributed by atoms with Crippen molar-refractivity contribution in [3.8, 4) is 0 Å². The summed E-state index contributed by atoms with van der Waals surface area (Å²) in [6, 6.07) is 4.38. The number of furan rings is 1. The van der Waals surface area contributed by atoms with Crippen LogP contribution in [-0.4, -0.2) is 37.8 Å². The fourth-order valence-electron chi connectivity index (χ4n) is 3.22. The molecule has 5 nitrogen and oxygen atoms in total. The summed E-state index contributed by atoms with van der Waals surface area (Å²) in [5.74, 6) is 1.88. The van der Waals surface area contributed by atoms with Gasteiger partial charge in [-0.05, 0) is 44.2 Å². The van der Waals surface area contributed by atoms with Gasteiger partial charge in [-0.1, -0.05) is 0 Å². The van der Waals surface area contributed by atoms with Crippen LogP contribution in [0.2, 0.25) is 0 Å². The standard InChI is InChI=1S/C16H25N3O2/c1-17-15(18-9-5-14-4-2-10-20-14)19-13-6-11-21-16(12-13)7-3-8-16/h2,4,10,13H,3,5-9,11-12H2,1H3,(H2,17,18,19). The molecule has 1 aromatic rings. The Bertz CT molecular complexity index is 466. The fourth-order valence-corrected chi connectivity index (χ4v) is 3.22. The summed E-state index contributed by atoms with van der Waals surface area (Å²) in [5.41, 5.74) is 0.170. The second-order valence-electron chi connectivity index (χ2n) is 6.05. The van der Waals surface area contributed by atoms with E-state index in [0.29, 0.717) is 6.04 Å². The van der Waals surface area contributed by atoms with Crippen LogP contribution in [0.15, 0.2) is 27.8 Å². The predicted octanol–water partition coefficient (Wildman–Crippen LogP) is 2.09. The first-order chi connectivity index (χ1) is 10.3. The Kier molecular flexibility index (Phi) is 4.48. The van der Waals surface area contributed by atoms with E-state index in [2.05, 4.69) is 15.6 Å². The Morgan fingerprint density at radius 2 is 2.38 bits per heavy atom. The molecule has 2 heterocycles. The van der Waals surface area contributed by atoms with Crippen LogP contribution in [0.5, 0.6) is 0 Å². The van der Waals surface area contributed by atoms with Crippen LogP contribution < -0.4 is 10.6 Å². The summed E-state index contributed by atoms with van der Waals surface area (Å²) in [7, 11) is 1.82. The molecular formula is C16H25N3O2. The number of hydrogen-bond donors (Lipinski definition) is 2. The maximum Gasteiger partial charge on any atom is 0.191 e. The zero-order chi connectivity index (χ0) is 14.5. The van der Waals surface area contributed by atoms with Gasteiger partial charge in [0.15, 0.2) is 5.96 Å². The Morgan fingerprint density at radius 1 is 1.48 bits per heavy atom. The third-order valence-electron chi connectivity index (χ3n) is 4.57. The summed E-state index contributed by atoms with van der Waals surface area (Å²) in [5, 5.41) is 6.89. The third-order valence-corrected chi connectivity index (χ3v) is 4.57. The molecule has 1 aliphatic heterocycles. The molecule has 1 saturated heterocycles. The maximum absolute atomic E-state index is 5.96. The van der Waals surface area contributed by atoms with Gasteiger partial charge in [0.2, 0.25) is 0 Å². The molecule has 0 radical (unpaired) electrons. The molecule has 1 atom stereocenters. The van der Waals surface area contributed by atoms with Crippen LogP contribution in [0.25, 0.3) is 0 Å². The highest BCUT2D eigenvalue weighted by Crippen LogP contribution is 2.42. The second kappa shape index (κ2) is 6.52. The molecule has 1 saturated carbocycles. The number of nitrogens with zero attached hydrogens (tertiary/aromatic N) is 1. The molecule has 0 aromatic carbocycles. The van der Waals surface area contributed by atoms with Crippen molar-refractivity contribution < 1.29 is 9.15 Å². The Balaban J connectivity index is 1.43. The van der Waals surface area contributed by atoms with Crippen molar-refractivity contribution in [2.45, 2.75) is 50.2 Å². The zero-order valence-corrected chi connectivity index (χ0v) is 12.7. The van der Waals surface area contributed by atoms with Gasteiger partial charge in [0.1, 0.15) is 5.76 Å². The van der Waals surface area contributed by atoms with Crippen molar-refractivity contribution in [3.63, 3.8) is 0 Å². The van der Waals surface area contributed by atoms with E-state index in [1.54, 1.807) is 6.26 Å². The number of rotatable bonds is 4. The van der Waals surface area contributed by atoms with Gasteiger partial charge in [0.05, 0.1) is 11.9 Å². The van der Waals surface area contributed by atoms with E-state index in [1.807, 2.05) is 19.2 Å². The highest BCUT2D eigenvalue weighted by molar-refractivity contribution is 5.79. The first-order valence-corrected chi connectivity index (χ1v) is 7.93. The fraction of sp³-hybridized carbons (Fsp3) is 0.688. The van der Waals surface area contributed by atoms with Gasteiger partial charge in [0, 0.05) is 32.7 Å². The molecule has 3 rings (SSSR count). The van der Waals surface area contributed by atoms with E-state index in [1.165, 1.54) is 19.3 Å². The van der Waals surface area contributed by atoms with Crippen molar-refractivity contribution in [3.05, 3.63) is 24.2 Å². The number of aliphatic imine (C=N–C) groups is 1. The number of guanidine groups is 1. The first kappa shape index (κ1) is 14.4. The average Bonchev–Trinajstić information content (AvgIpc) is 2.98. The van der Waals surface area contributed by atoms with Gasteiger partial charge in [-0.2, -0.15) is 0 Å². The van der Waals surface area contributed by atoms with Crippen LogP contribution >= 0.6 is 0 Å². The summed E-state index contributed by atoms with van der Waals surface area (Å²) in [4.78, 5) is 4.32. The van der Waals surface area contributed by atoms with Gasteiger partial charge >= 0.3 is 0 Å². The first-order valence-electron chi connectivity index (χ1n) is 7.93. The van der Waals surface area contributed by atoms with Crippen LogP contribution in [0, 0.1) is 0 Å². The second-order valence-corrected chi connectivity index (χ2v) is 6.05. The minimum atomic E-state index is 0.170. The van der Waals surface area contributed by atoms with Gasteiger partial charge in [-0.3, -0.25) is 4.99 Å². The molecule has 2 aliphatic rings. The molecule has 2 fully saturated rings. The van der Waals surface area contributed by atoms with E-state index < -0.39 is 0 Å². The predicted molar refractivity (Wildman–Crippen MR) is 82.5 cm³/mol. The minimum absolute atomic E-state index is 0.170. The normalized spacial score (nSPS) is 24.6. The molecular weight excluding hydrogens is 266 g/mol. The lowest BCUT2D eigenvalue weighted by molar-refractivity contribution is -0.134. The summed E-state index contributed by atoms with van der Waals surface area (Å²) in [6.45, 7) is 1.68. The van der Waals surface area contributed by atoms with Crippen molar-refractivity contribution in [2.75, 3.05) is 20.2 Å². The molecule has 116 valence electrons. The van der Waals surface area contributed by atoms with Gasteiger partial charge in [-0.25, -0.2) is 0 Å². The summed E-state index contributed by atoms with van der Waals surface area (Å²) in [6.07, 6.45) is 8.48. The zero-order valence-electron chi connectivity index (χ0n) is 12.7. The summed E-state index contributed by atoms with van der Waals surface area (Å²) >= 11 is 0. The van der Waals surface area contributed by atoms with Crippen molar-refractivity contribution in [1.29, 1.82) is 0 Å². The number of ether oxygens (including phenoxy) is 1. The lowest BCUT2D eigenvalue weighted by Crippen LogP contribution is -2.54. The quantitative estimate of drug-likeness (QED) is 0.659. The molecule has 1 aromatic heterocycles. The molecule has 2 N–H and O–H groups in total. The Labute approximate surface area is 126 Å². The maximum atomic E-state index is 5.96. The van der Waals surface area contributed by atoms with Crippen molar-refractivity contribution >= 4 is 5.96 Å². The van der Waals surface area contributed by atoms with Gasteiger partial charge < -0.3 is 19.8 Å². The molecule has 1 aliphatic carbocycles. The average molecular weight is 291 g/mol. The molecule has 1 spiro atoms. The Morgan fingerprint density at radius 3 is 3.05 bits per heavy atom. The highest BCUT2D eigenvalue weighted by Gasteiger charge is 2.42. The minimum Gasteiger partial charge on any atom is -0.469 e. The smallest absolute Gasteiger partial charge is 0.191 e. The molecule has 0 bridgehead atoms. The van der Waals surface area contributed by atoms with Gasteiger partial charge in [-0.15, -0.1) is 0 Å². The van der Waals surface area contributed by atoms with E-state index >= 15 is 0 Å². The monoisotopic (exact) mass is 291 g/mol.